The first-order valence-electron chi connectivity index (χ1n) is 6.00. The van der Waals surface area contributed by atoms with Crippen molar-refractivity contribution in [1.29, 1.82) is 0 Å². The Morgan fingerprint density at radius 3 is 2.85 bits per heavy atom. The zero-order chi connectivity index (χ0) is 14.1. The fourth-order valence-corrected chi connectivity index (χ4v) is 2.36. The second-order valence-corrected chi connectivity index (χ2v) is 4.46. The van der Waals surface area contributed by atoms with Crippen LogP contribution in [0.3, 0.4) is 0 Å². The van der Waals surface area contributed by atoms with Crippen LogP contribution in [0, 0.1) is 0 Å². The van der Waals surface area contributed by atoms with Crippen LogP contribution in [0.2, 0.25) is 0 Å². The second-order valence-electron chi connectivity index (χ2n) is 4.46. The predicted molar refractivity (Wildman–Crippen MR) is 66.9 cm³/mol. The Labute approximate surface area is 113 Å². The van der Waals surface area contributed by atoms with Crippen molar-refractivity contribution in [3.8, 4) is 0 Å². The van der Waals surface area contributed by atoms with Crippen molar-refractivity contribution in [2.24, 2.45) is 0 Å². The molecule has 1 unspecified atom stereocenters. The molecule has 0 spiro atoms. The molecule has 0 fully saturated rings. The van der Waals surface area contributed by atoms with Gasteiger partial charge in [0.15, 0.2) is 0 Å². The molecule has 0 aliphatic carbocycles. The Bertz CT molecular complexity index is 655. The molecule has 20 heavy (non-hydrogen) atoms. The summed E-state index contributed by atoms with van der Waals surface area (Å²) >= 11 is 0. The van der Waals surface area contributed by atoms with Crippen LogP contribution >= 0.6 is 0 Å². The van der Waals surface area contributed by atoms with E-state index in [9.17, 15) is 14.7 Å². The second kappa shape index (κ2) is 4.72. The molecule has 1 aliphatic rings. The highest BCUT2D eigenvalue weighted by atomic mass is 16.4. The fraction of sp³-hybridized carbons (Fsp3) is 0.250. The summed E-state index contributed by atoms with van der Waals surface area (Å²) in [6.45, 7) is -0.0921. The SMILES string of the molecule is O=C(O)C1Cc2ccccc2N1C(=O)Cn1cnnn1. The third kappa shape index (κ3) is 2.00. The molecule has 1 aromatic heterocycles. The lowest BCUT2D eigenvalue weighted by atomic mass is 10.1. The third-order valence-corrected chi connectivity index (χ3v) is 3.22. The average molecular weight is 273 g/mol. The fourth-order valence-electron chi connectivity index (χ4n) is 2.36. The maximum absolute atomic E-state index is 12.3. The predicted octanol–water partition coefficient (Wildman–Crippen LogP) is -0.284. The van der Waals surface area contributed by atoms with Crippen molar-refractivity contribution in [3.63, 3.8) is 0 Å². The number of aromatic nitrogens is 4. The number of hydrogen-bond acceptors (Lipinski definition) is 5. The van der Waals surface area contributed by atoms with Crippen LogP contribution < -0.4 is 4.90 Å². The highest BCUT2D eigenvalue weighted by molar-refractivity contribution is 6.01. The van der Waals surface area contributed by atoms with Crippen molar-refractivity contribution in [2.75, 3.05) is 4.90 Å². The number of carbonyl (C=O) groups is 2. The minimum Gasteiger partial charge on any atom is -0.480 e. The van der Waals surface area contributed by atoms with E-state index in [2.05, 4.69) is 15.5 Å². The van der Waals surface area contributed by atoms with Gasteiger partial charge in [-0.1, -0.05) is 18.2 Å². The summed E-state index contributed by atoms with van der Waals surface area (Å²) in [5.41, 5.74) is 1.49. The molecular weight excluding hydrogens is 262 g/mol. The highest BCUT2D eigenvalue weighted by Gasteiger charge is 2.38. The number of carbonyl (C=O) groups excluding carboxylic acids is 1. The van der Waals surface area contributed by atoms with Gasteiger partial charge in [0.25, 0.3) is 0 Å². The van der Waals surface area contributed by atoms with Crippen LogP contribution in [0.15, 0.2) is 30.6 Å². The summed E-state index contributed by atoms with van der Waals surface area (Å²) in [7, 11) is 0. The Kier molecular flexibility index (Phi) is 2.90. The van der Waals surface area contributed by atoms with Gasteiger partial charge in [-0.05, 0) is 22.1 Å². The van der Waals surface area contributed by atoms with Crippen molar-refractivity contribution in [3.05, 3.63) is 36.2 Å². The first kappa shape index (κ1) is 12.3. The Balaban J connectivity index is 1.92. The molecule has 8 heteroatoms. The van der Waals surface area contributed by atoms with Crippen LogP contribution in [0.25, 0.3) is 0 Å². The first-order chi connectivity index (χ1) is 9.66. The number of aliphatic carboxylic acids is 1. The molecule has 1 atom stereocenters. The summed E-state index contributed by atoms with van der Waals surface area (Å²) < 4.78 is 1.27. The number of carboxylic acid groups (broad SMARTS) is 1. The van der Waals surface area contributed by atoms with Crippen molar-refractivity contribution < 1.29 is 14.7 Å². The zero-order valence-corrected chi connectivity index (χ0v) is 10.4. The number of anilines is 1. The normalized spacial score (nSPS) is 17.0. The number of amides is 1. The van der Waals surface area contributed by atoms with Crippen LogP contribution in [-0.2, 0) is 22.6 Å². The molecule has 2 heterocycles. The molecule has 8 nitrogen and oxygen atoms in total. The van der Waals surface area contributed by atoms with Gasteiger partial charge in [0.2, 0.25) is 5.91 Å². The van der Waals surface area contributed by atoms with E-state index in [1.54, 1.807) is 12.1 Å². The van der Waals surface area contributed by atoms with E-state index >= 15 is 0 Å². The van der Waals surface area contributed by atoms with Crippen LogP contribution in [-0.4, -0.2) is 43.2 Å². The van der Waals surface area contributed by atoms with E-state index in [0.29, 0.717) is 12.1 Å². The standard InChI is InChI=1S/C12H11N5O3/c18-11(6-16-7-13-14-15-16)17-9-4-2-1-3-8(9)5-10(17)12(19)20/h1-4,7,10H,5-6H2,(H,19,20). The number of tetrazole rings is 1. The van der Waals surface area contributed by atoms with Gasteiger partial charge in [-0.25, -0.2) is 9.48 Å². The number of para-hydroxylation sites is 1. The number of benzene rings is 1. The molecule has 1 N–H and O–H groups in total. The monoisotopic (exact) mass is 273 g/mol. The minimum atomic E-state index is -1.02. The van der Waals surface area contributed by atoms with Gasteiger partial charge in [0.05, 0.1) is 0 Å². The molecular formula is C12H11N5O3. The molecule has 3 rings (SSSR count). The van der Waals surface area contributed by atoms with Gasteiger partial charge in [-0.3, -0.25) is 9.69 Å². The van der Waals surface area contributed by atoms with Crippen LogP contribution in [0.1, 0.15) is 5.56 Å². The molecule has 1 aliphatic heterocycles. The topological polar surface area (TPSA) is 101 Å². The van der Waals surface area contributed by atoms with Crippen molar-refractivity contribution in [1.82, 2.24) is 20.2 Å². The van der Waals surface area contributed by atoms with Crippen LogP contribution in [0.4, 0.5) is 5.69 Å². The molecule has 0 saturated heterocycles. The summed E-state index contributed by atoms with van der Waals surface area (Å²) in [6, 6.07) is 6.30. The average Bonchev–Trinajstić information content (AvgIpc) is 3.04. The lowest BCUT2D eigenvalue weighted by Gasteiger charge is -2.22. The Morgan fingerprint density at radius 2 is 2.15 bits per heavy atom. The smallest absolute Gasteiger partial charge is 0.327 e. The summed E-state index contributed by atoms with van der Waals surface area (Å²) in [5, 5.41) is 19.8. The van der Waals surface area contributed by atoms with E-state index in [1.165, 1.54) is 15.9 Å². The number of nitrogens with zero attached hydrogens (tertiary/aromatic N) is 5. The highest BCUT2D eigenvalue weighted by Crippen LogP contribution is 2.32. The van der Waals surface area contributed by atoms with Crippen LogP contribution in [0.5, 0.6) is 0 Å². The summed E-state index contributed by atoms with van der Waals surface area (Å²) in [4.78, 5) is 25.0. The van der Waals surface area contributed by atoms with E-state index < -0.39 is 12.0 Å². The zero-order valence-electron chi connectivity index (χ0n) is 10.4. The summed E-state index contributed by atoms with van der Waals surface area (Å²) in [5.74, 6) is -1.37. The lowest BCUT2D eigenvalue weighted by Crippen LogP contribution is -2.44. The van der Waals surface area contributed by atoms with Crippen molar-refractivity contribution in [2.45, 2.75) is 19.0 Å². The molecule has 1 aromatic carbocycles. The quantitative estimate of drug-likeness (QED) is 0.825. The molecule has 2 aromatic rings. The third-order valence-electron chi connectivity index (χ3n) is 3.22. The van der Waals surface area contributed by atoms with Crippen molar-refractivity contribution >= 4 is 17.6 Å². The molecule has 102 valence electrons. The van der Waals surface area contributed by atoms with Gasteiger partial charge in [-0.2, -0.15) is 0 Å². The van der Waals surface area contributed by atoms with E-state index in [0.717, 1.165) is 5.56 Å². The number of hydrogen-bond donors (Lipinski definition) is 1. The molecule has 0 bridgehead atoms. The van der Waals surface area contributed by atoms with Gasteiger partial charge in [0.1, 0.15) is 18.9 Å². The summed E-state index contributed by atoms with van der Waals surface area (Å²) in [6.07, 6.45) is 1.63. The van der Waals surface area contributed by atoms with E-state index in [1.807, 2.05) is 12.1 Å². The number of fused-ring (bicyclic) bond motifs is 1. The molecule has 0 radical (unpaired) electrons. The van der Waals surface area contributed by atoms with Gasteiger partial charge >= 0.3 is 5.97 Å². The van der Waals surface area contributed by atoms with Gasteiger partial charge in [0, 0.05) is 12.1 Å². The number of carboxylic acids is 1. The first-order valence-corrected chi connectivity index (χ1v) is 6.00. The minimum absolute atomic E-state index is 0.0921. The largest absolute Gasteiger partial charge is 0.480 e. The van der Waals surface area contributed by atoms with E-state index in [-0.39, 0.29) is 12.5 Å². The van der Waals surface area contributed by atoms with Gasteiger partial charge < -0.3 is 5.11 Å². The lowest BCUT2D eigenvalue weighted by molar-refractivity contribution is -0.140. The maximum atomic E-state index is 12.3. The van der Waals surface area contributed by atoms with E-state index in [4.69, 9.17) is 0 Å². The maximum Gasteiger partial charge on any atom is 0.327 e. The Morgan fingerprint density at radius 1 is 1.35 bits per heavy atom. The van der Waals surface area contributed by atoms with Gasteiger partial charge in [-0.15, -0.1) is 5.10 Å². The molecule has 1 amide bonds. The number of rotatable bonds is 3. The Hall–Kier alpha value is -2.77. The molecule has 0 saturated carbocycles.